The first kappa shape index (κ1) is 9.66. The summed E-state index contributed by atoms with van der Waals surface area (Å²) in [6.07, 6.45) is 2.80. The molecule has 0 aliphatic rings. The van der Waals surface area contributed by atoms with Crippen LogP contribution in [0.15, 0.2) is 17.8 Å². The highest BCUT2D eigenvalue weighted by atomic mass is 16.5. The SMILES string of the molecule is COC(C)(C)C(=NO)n1cncn1. The average Bonchev–Trinajstić information content (AvgIpc) is 2.58. The van der Waals surface area contributed by atoms with Gasteiger partial charge in [-0.25, -0.2) is 9.67 Å². The summed E-state index contributed by atoms with van der Waals surface area (Å²) in [6.45, 7) is 3.54. The van der Waals surface area contributed by atoms with Crippen LogP contribution in [0.3, 0.4) is 0 Å². The highest BCUT2D eigenvalue weighted by Gasteiger charge is 2.27. The van der Waals surface area contributed by atoms with Crippen molar-refractivity contribution >= 4 is 5.84 Å². The Morgan fingerprint density at radius 2 is 2.31 bits per heavy atom. The van der Waals surface area contributed by atoms with Crippen LogP contribution in [-0.4, -0.2) is 38.5 Å². The molecule has 6 heteroatoms. The lowest BCUT2D eigenvalue weighted by atomic mass is 10.1. The number of hydrogen-bond acceptors (Lipinski definition) is 5. The lowest BCUT2D eigenvalue weighted by Gasteiger charge is -2.22. The molecule has 6 nitrogen and oxygen atoms in total. The lowest BCUT2D eigenvalue weighted by Crippen LogP contribution is -2.39. The van der Waals surface area contributed by atoms with Crippen molar-refractivity contribution in [3.05, 3.63) is 12.7 Å². The number of methoxy groups -OCH3 is 1. The second-order valence-electron chi connectivity index (χ2n) is 2.98. The summed E-state index contributed by atoms with van der Waals surface area (Å²) in [7, 11) is 1.53. The summed E-state index contributed by atoms with van der Waals surface area (Å²) in [5, 5.41) is 15.7. The van der Waals surface area contributed by atoms with Crippen molar-refractivity contribution < 1.29 is 9.94 Å². The average molecular weight is 184 g/mol. The Morgan fingerprint density at radius 1 is 1.62 bits per heavy atom. The molecule has 0 bridgehead atoms. The van der Waals surface area contributed by atoms with E-state index in [1.807, 2.05) is 0 Å². The second-order valence-corrected chi connectivity index (χ2v) is 2.98. The normalized spacial score (nSPS) is 13.3. The van der Waals surface area contributed by atoms with Gasteiger partial charge in [-0.1, -0.05) is 5.16 Å². The zero-order chi connectivity index (χ0) is 9.90. The van der Waals surface area contributed by atoms with Gasteiger partial charge in [-0.3, -0.25) is 0 Å². The summed E-state index contributed by atoms with van der Waals surface area (Å²) in [4.78, 5) is 3.74. The number of rotatable bonds is 2. The third-order valence-electron chi connectivity index (χ3n) is 1.78. The summed E-state index contributed by atoms with van der Waals surface area (Å²) in [6, 6.07) is 0. The van der Waals surface area contributed by atoms with E-state index in [1.54, 1.807) is 13.8 Å². The van der Waals surface area contributed by atoms with E-state index < -0.39 is 5.60 Å². The van der Waals surface area contributed by atoms with Crippen LogP contribution in [0.1, 0.15) is 13.8 Å². The molecular weight excluding hydrogens is 172 g/mol. The van der Waals surface area contributed by atoms with E-state index >= 15 is 0 Å². The zero-order valence-corrected chi connectivity index (χ0v) is 7.80. The van der Waals surface area contributed by atoms with Gasteiger partial charge in [0.2, 0.25) is 5.84 Å². The summed E-state index contributed by atoms with van der Waals surface area (Å²) >= 11 is 0. The van der Waals surface area contributed by atoms with Gasteiger partial charge in [-0.2, -0.15) is 5.10 Å². The Bertz CT molecular complexity index is 291. The molecule has 0 spiro atoms. The van der Waals surface area contributed by atoms with Crippen molar-refractivity contribution in [3.63, 3.8) is 0 Å². The molecule has 0 aliphatic heterocycles. The molecule has 0 atom stereocenters. The third kappa shape index (κ3) is 1.83. The van der Waals surface area contributed by atoms with Gasteiger partial charge < -0.3 is 9.94 Å². The predicted octanol–water partition coefficient (Wildman–Crippen LogP) is 0.339. The van der Waals surface area contributed by atoms with Gasteiger partial charge in [0.25, 0.3) is 0 Å². The lowest BCUT2D eigenvalue weighted by molar-refractivity contribution is 0.0756. The molecule has 0 amide bonds. The van der Waals surface area contributed by atoms with Gasteiger partial charge in [0.05, 0.1) is 0 Å². The maximum Gasteiger partial charge on any atom is 0.201 e. The highest BCUT2D eigenvalue weighted by molar-refractivity contribution is 5.90. The number of aromatic nitrogens is 3. The van der Waals surface area contributed by atoms with Crippen LogP contribution >= 0.6 is 0 Å². The largest absolute Gasteiger partial charge is 0.409 e. The monoisotopic (exact) mass is 184 g/mol. The Balaban J connectivity index is 3.01. The fourth-order valence-corrected chi connectivity index (χ4v) is 0.851. The van der Waals surface area contributed by atoms with E-state index in [2.05, 4.69) is 15.2 Å². The van der Waals surface area contributed by atoms with Crippen molar-refractivity contribution in [1.29, 1.82) is 0 Å². The third-order valence-corrected chi connectivity index (χ3v) is 1.78. The Kier molecular flexibility index (Phi) is 2.62. The maximum atomic E-state index is 8.78. The molecule has 0 saturated carbocycles. The van der Waals surface area contributed by atoms with Crippen molar-refractivity contribution in [1.82, 2.24) is 14.8 Å². The topological polar surface area (TPSA) is 72.5 Å². The van der Waals surface area contributed by atoms with Crippen molar-refractivity contribution in [3.8, 4) is 0 Å². The molecule has 1 rings (SSSR count). The minimum Gasteiger partial charge on any atom is -0.409 e. The van der Waals surface area contributed by atoms with E-state index in [-0.39, 0.29) is 5.84 Å². The van der Waals surface area contributed by atoms with Crippen LogP contribution in [-0.2, 0) is 4.74 Å². The molecule has 1 N–H and O–H groups in total. The molecule has 0 aromatic carbocycles. The van der Waals surface area contributed by atoms with E-state index in [1.165, 1.54) is 24.4 Å². The maximum absolute atomic E-state index is 8.78. The molecule has 0 unspecified atom stereocenters. The molecule has 72 valence electrons. The smallest absolute Gasteiger partial charge is 0.201 e. The van der Waals surface area contributed by atoms with Crippen LogP contribution in [0.25, 0.3) is 0 Å². The number of hydrogen-bond donors (Lipinski definition) is 1. The van der Waals surface area contributed by atoms with Crippen molar-refractivity contribution in [2.75, 3.05) is 7.11 Å². The first-order valence-corrected chi connectivity index (χ1v) is 3.74. The molecule has 1 aromatic heterocycles. The first-order chi connectivity index (χ1) is 6.11. The van der Waals surface area contributed by atoms with E-state index in [9.17, 15) is 0 Å². The van der Waals surface area contributed by atoms with Crippen LogP contribution in [0.2, 0.25) is 0 Å². The van der Waals surface area contributed by atoms with Gasteiger partial charge in [0, 0.05) is 7.11 Å². The quantitative estimate of drug-likeness (QED) is 0.311. The van der Waals surface area contributed by atoms with Crippen LogP contribution in [0.4, 0.5) is 0 Å². The van der Waals surface area contributed by atoms with Gasteiger partial charge in [0.15, 0.2) is 0 Å². The molecular formula is C7H12N4O2. The highest BCUT2D eigenvalue weighted by Crippen LogP contribution is 2.10. The van der Waals surface area contributed by atoms with Crippen LogP contribution in [0, 0.1) is 0 Å². The number of ether oxygens (including phenoxy) is 1. The van der Waals surface area contributed by atoms with E-state index in [0.29, 0.717) is 0 Å². The molecule has 0 radical (unpaired) electrons. The van der Waals surface area contributed by atoms with Crippen molar-refractivity contribution in [2.24, 2.45) is 5.16 Å². The second kappa shape index (κ2) is 3.53. The Hall–Kier alpha value is -1.43. The summed E-state index contributed by atoms with van der Waals surface area (Å²) < 4.78 is 6.49. The van der Waals surface area contributed by atoms with Gasteiger partial charge in [0.1, 0.15) is 18.3 Å². The molecule has 0 saturated heterocycles. The first-order valence-electron chi connectivity index (χ1n) is 3.74. The minimum atomic E-state index is -0.706. The number of oxime groups is 1. The minimum absolute atomic E-state index is 0.285. The molecule has 0 aliphatic carbocycles. The standard InChI is InChI=1S/C7H12N4O2/c1-7(2,13-3)6(10-12)11-5-8-4-9-11/h4-5,12H,1-3H3. The van der Waals surface area contributed by atoms with Crippen molar-refractivity contribution in [2.45, 2.75) is 19.4 Å². The summed E-state index contributed by atoms with van der Waals surface area (Å²) in [5.41, 5.74) is -0.706. The molecule has 1 heterocycles. The van der Waals surface area contributed by atoms with E-state index in [0.717, 1.165) is 0 Å². The van der Waals surface area contributed by atoms with Gasteiger partial charge in [-0.15, -0.1) is 0 Å². The Morgan fingerprint density at radius 3 is 2.69 bits per heavy atom. The molecule has 0 fully saturated rings. The summed E-state index contributed by atoms with van der Waals surface area (Å²) in [5.74, 6) is 0.285. The fraction of sp³-hybridized carbons (Fsp3) is 0.571. The molecule has 13 heavy (non-hydrogen) atoms. The molecule has 1 aromatic rings. The van der Waals surface area contributed by atoms with Crippen LogP contribution < -0.4 is 0 Å². The fourth-order valence-electron chi connectivity index (χ4n) is 0.851. The predicted molar refractivity (Wildman–Crippen MR) is 45.7 cm³/mol. The Labute approximate surface area is 75.8 Å². The van der Waals surface area contributed by atoms with Gasteiger partial charge >= 0.3 is 0 Å². The van der Waals surface area contributed by atoms with Crippen LogP contribution in [0.5, 0.6) is 0 Å². The van der Waals surface area contributed by atoms with Gasteiger partial charge in [-0.05, 0) is 13.8 Å². The number of nitrogens with zero attached hydrogens (tertiary/aromatic N) is 4. The zero-order valence-electron chi connectivity index (χ0n) is 7.80. The van der Waals surface area contributed by atoms with E-state index in [4.69, 9.17) is 9.94 Å².